The van der Waals surface area contributed by atoms with Crippen molar-refractivity contribution in [3.63, 3.8) is 0 Å². The van der Waals surface area contributed by atoms with E-state index in [-0.39, 0.29) is 0 Å². The molecule has 0 aliphatic rings. The van der Waals surface area contributed by atoms with E-state index in [0.717, 1.165) is 18.0 Å². The van der Waals surface area contributed by atoms with Crippen molar-refractivity contribution in [1.82, 2.24) is 4.57 Å². The highest BCUT2D eigenvalue weighted by atomic mass is 16.3. The Balaban J connectivity index is 2.46. The third kappa shape index (κ3) is 1.05. The standard InChI is InChI=1S/C10H11NO/c1-2-11-7-3-5-9(11)10-6-4-8-12-10/h3-8H,2H2,1H3. The number of hydrogen-bond donors (Lipinski definition) is 0. The van der Waals surface area contributed by atoms with Crippen LogP contribution in [-0.2, 0) is 6.54 Å². The predicted molar refractivity (Wildman–Crippen MR) is 47.8 cm³/mol. The van der Waals surface area contributed by atoms with Crippen molar-refractivity contribution in [3.8, 4) is 11.5 Å². The molecule has 0 fully saturated rings. The van der Waals surface area contributed by atoms with Crippen LogP contribution in [0.2, 0.25) is 0 Å². The molecule has 62 valence electrons. The van der Waals surface area contributed by atoms with Crippen LogP contribution in [0.4, 0.5) is 0 Å². The van der Waals surface area contributed by atoms with Crippen molar-refractivity contribution >= 4 is 0 Å². The van der Waals surface area contributed by atoms with Gasteiger partial charge in [0.1, 0.15) is 5.76 Å². The molecule has 2 aromatic heterocycles. The second-order valence-corrected chi connectivity index (χ2v) is 2.66. The van der Waals surface area contributed by atoms with Gasteiger partial charge in [-0.05, 0) is 31.2 Å². The van der Waals surface area contributed by atoms with E-state index in [1.54, 1.807) is 6.26 Å². The van der Waals surface area contributed by atoms with Crippen LogP contribution in [0.15, 0.2) is 41.1 Å². The molecule has 0 N–H and O–H groups in total. The largest absolute Gasteiger partial charge is 0.463 e. The Labute approximate surface area is 71.4 Å². The fraction of sp³-hybridized carbons (Fsp3) is 0.200. The molecule has 0 saturated heterocycles. The summed E-state index contributed by atoms with van der Waals surface area (Å²) in [6.07, 6.45) is 3.75. The van der Waals surface area contributed by atoms with Crippen molar-refractivity contribution in [2.45, 2.75) is 13.5 Å². The van der Waals surface area contributed by atoms with Crippen molar-refractivity contribution < 1.29 is 4.42 Å². The van der Waals surface area contributed by atoms with Gasteiger partial charge in [-0.15, -0.1) is 0 Å². The zero-order valence-corrected chi connectivity index (χ0v) is 7.03. The fourth-order valence-corrected chi connectivity index (χ4v) is 1.34. The summed E-state index contributed by atoms with van der Waals surface area (Å²) in [6, 6.07) is 7.97. The minimum absolute atomic E-state index is 0.932. The lowest BCUT2D eigenvalue weighted by Gasteiger charge is -2.01. The molecule has 0 bridgehead atoms. The maximum atomic E-state index is 5.30. The van der Waals surface area contributed by atoms with Gasteiger partial charge in [-0.3, -0.25) is 0 Å². The zero-order valence-electron chi connectivity index (χ0n) is 7.03. The van der Waals surface area contributed by atoms with E-state index in [0.29, 0.717) is 0 Å². The van der Waals surface area contributed by atoms with Crippen LogP contribution in [0.3, 0.4) is 0 Å². The topological polar surface area (TPSA) is 18.1 Å². The second kappa shape index (κ2) is 2.89. The molecule has 0 amide bonds. The lowest BCUT2D eigenvalue weighted by atomic mass is 10.3. The first-order chi connectivity index (χ1) is 5.92. The monoisotopic (exact) mass is 161 g/mol. The quantitative estimate of drug-likeness (QED) is 0.662. The maximum Gasteiger partial charge on any atom is 0.150 e. The van der Waals surface area contributed by atoms with Crippen LogP contribution >= 0.6 is 0 Å². The molecule has 12 heavy (non-hydrogen) atoms. The Morgan fingerprint density at radius 1 is 1.33 bits per heavy atom. The zero-order chi connectivity index (χ0) is 8.39. The van der Waals surface area contributed by atoms with Gasteiger partial charge in [0.2, 0.25) is 0 Å². The number of aromatic nitrogens is 1. The smallest absolute Gasteiger partial charge is 0.150 e. The van der Waals surface area contributed by atoms with Crippen LogP contribution in [0.1, 0.15) is 6.92 Å². The first-order valence-electron chi connectivity index (χ1n) is 4.11. The molecule has 0 unspecified atom stereocenters. The Kier molecular flexibility index (Phi) is 1.74. The number of aryl methyl sites for hydroxylation is 1. The molecule has 0 atom stereocenters. The van der Waals surface area contributed by atoms with Gasteiger partial charge in [0.15, 0.2) is 0 Å². The van der Waals surface area contributed by atoms with Gasteiger partial charge in [0.25, 0.3) is 0 Å². The van der Waals surface area contributed by atoms with Crippen LogP contribution < -0.4 is 0 Å². The minimum Gasteiger partial charge on any atom is -0.463 e. The number of furan rings is 1. The van der Waals surface area contributed by atoms with E-state index < -0.39 is 0 Å². The van der Waals surface area contributed by atoms with E-state index in [1.165, 1.54) is 0 Å². The summed E-state index contributed by atoms with van der Waals surface area (Å²) < 4.78 is 7.45. The van der Waals surface area contributed by atoms with Crippen LogP contribution in [0.5, 0.6) is 0 Å². The average Bonchev–Trinajstić information content (AvgIpc) is 2.74. The van der Waals surface area contributed by atoms with Crippen LogP contribution in [0.25, 0.3) is 11.5 Å². The lowest BCUT2D eigenvalue weighted by Crippen LogP contribution is -1.92. The van der Waals surface area contributed by atoms with Gasteiger partial charge in [-0.2, -0.15) is 0 Å². The summed E-state index contributed by atoms with van der Waals surface area (Å²) in [4.78, 5) is 0. The number of rotatable bonds is 2. The van der Waals surface area contributed by atoms with Crippen LogP contribution in [-0.4, -0.2) is 4.57 Å². The van der Waals surface area contributed by atoms with Crippen molar-refractivity contribution in [3.05, 3.63) is 36.7 Å². The fourth-order valence-electron chi connectivity index (χ4n) is 1.34. The molecule has 0 radical (unpaired) electrons. The van der Waals surface area contributed by atoms with E-state index in [4.69, 9.17) is 4.42 Å². The van der Waals surface area contributed by atoms with E-state index in [9.17, 15) is 0 Å². The molecule has 2 heterocycles. The predicted octanol–water partition coefficient (Wildman–Crippen LogP) is 2.77. The van der Waals surface area contributed by atoms with Gasteiger partial charge in [0, 0.05) is 12.7 Å². The molecule has 0 spiro atoms. The second-order valence-electron chi connectivity index (χ2n) is 2.66. The number of hydrogen-bond acceptors (Lipinski definition) is 1. The van der Waals surface area contributed by atoms with E-state index in [1.807, 2.05) is 18.2 Å². The molecule has 2 heteroatoms. The molecule has 2 nitrogen and oxygen atoms in total. The van der Waals surface area contributed by atoms with Gasteiger partial charge in [0.05, 0.1) is 12.0 Å². The van der Waals surface area contributed by atoms with Gasteiger partial charge >= 0.3 is 0 Å². The lowest BCUT2D eigenvalue weighted by molar-refractivity contribution is 0.573. The van der Waals surface area contributed by atoms with Crippen molar-refractivity contribution in [2.75, 3.05) is 0 Å². The van der Waals surface area contributed by atoms with Gasteiger partial charge in [-0.1, -0.05) is 0 Å². The summed E-state index contributed by atoms with van der Waals surface area (Å²) in [5.74, 6) is 0.932. The summed E-state index contributed by atoms with van der Waals surface area (Å²) in [7, 11) is 0. The molecule has 0 saturated carbocycles. The highest BCUT2D eigenvalue weighted by Gasteiger charge is 2.03. The molecule has 0 aliphatic carbocycles. The maximum absolute atomic E-state index is 5.30. The van der Waals surface area contributed by atoms with E-state index in [2.05, 4.69) is 23.8 Å². The Hall–Kier alpha value is -1.44. The van der Waals surface area contributed by atoms with Crippen LogP contribution in [0, 0.1) is 0 Å². The van der Waals surface area contributed by atoms with Crippen molar-refractivity contribution in [2.24, 2.45) is 0 Å². The van der Waals surface area contributed by atoms with Gasteiger partial charge in [-0.25, -0.2) is 0 Å². The molecule has 0 aliphatic heterocycles. The molecular weight excluding hydrogens is 150 g/mol. The Bertz CT molecular complexity index is 346. The molecule has 2 rings (SSSR count). The summed E-state index contributed by atoms with van der Waals surface area (Å²) >= 11 is 0. The minimum atomic E-state index is 0.932. The number of nitrogens with zero attached hydrogens (tertiary/aromatic N) is 1. The summed E-state index contributed by atoms with van der Waals surface area (Å²) in [5, 5.41) is 0. The first-order valence-corrected chi connectivity index (χ1v) is 4.11. The highest BCUT2D eigenvalue weighted by Crippen LogP contribution is 2.19. The third-order valence-electron chi connectivity index (χ3n) is 1.94. The molecule has 2 aromatic rings. The first kappa shape index (κ1) is 7.22. The molecule has 0 aromatic carbocycles. The van der Waals surface area contributed by atoms with E-state index >= 15 is 0 Å². The highest BCUT2D eigenvalue weighted by molar-refractivity contribution is 5.52. The average molecular weight is 161 g/mol. The Morgan fingerprint density at radius 3 is 2.92 bits per heavy atom. The SMILES string of the molecule is CCn1cccc1-c1ccco1. The summed E-state index contributed by atoms with van der Waals surface area (Å²) in [6.45, 7) is 3.09. The normalized spacial score (nSPS) is 10.4. The third-order valence-corrected chi connectivity index (χ3v) is 1.94. The van der Waals surface area contributed by atoms with Gasteiger partial charge < -0.3 is 8.98 Å². The van der Waals surface area contributed by atoms with Crippen molar-refractivity contribution in [1.29, 1.82) is 0 Å². The Morgan fingerprint density at radius 2 is 2.25 bits per heavy atom. The molecular formula is C10H11NO. The summed E-state index contributed by atoms with van der Waals surface area (Å²) in [5.41, 5.74) is 1.14.